The smallest absolute Gasteiger partial charge is 0.416 e. The van der Waals surface area contributed by atoms with Crippen molar-refractivity contribution in [2.75, 3.05) is 13.7 Å². The number of aliphatic imine (C=N–C) groups is 1. The fourth-order valence-electron chi connectivity index (χ4n) is 4.22. The minimum absolute atomic E-state index is 0.00933. The topological polar surface area (TPSA) is 33.6 Å². The number of hydrogen-bond acceptors (Lipinski definition) is 3. The quantitative estimate of drug-likeness (QED) is 0.333. The monoisotopic (exact) mass is 420 g/mol. The highest BCUT2D eigenvalue weighted by Crippen LogP contribution is 2.35. The molecule has 0 aromatic heterocycles. The van der Waals surface area contributed by atoms with Crippen LogP contribution in [0.4, 0.5) is 13.2 Å². The number of halogens is 3. The van der Waals surface area contributed by atoms with Gasteiger partial charge in [0.25, 0.3) is 0 Å². The highest BCUT2D eigenvalue weighted by molar-refractivity contribution is 5.88. The number of ether oxygens (including phenoxy) is 1. The molecule has 164 valence electrons. The maximum Gasteiger partial charge on any atom is 0.416 e. The van der Waals surface area contributed by atoms with E-state index in [2.05, 4.69) is 16.4 Å². The molecule has 1 aromatic rings. The lowest BCUT2D eigenvalue weighted by Gasteiger charge is -2.18. The summed E-state index contributed by atoms with van der Waals surface area (Å²) < 4.78 is 46.9. The van der Waals surface area contributed by atoms with Crippen LogP contribution in [0.5, 0.6) is 0 Å². The summed E-state index contributed by atoms with van der Waals surface area (Å²) in [6, 6.07) is 4.60. The van der Waals surface area contributed by atoms with E-state index in [4.69, 9.17) is 4.74 Å². The van der Waals surface area contributed by atoms with E-state index in [1.165, 1.54) is 18.1 Å². The normalized spacial score (nSPS) is 21.0. The Bertz CT molecular complexity index is 818. The predicted octanol–water partition coefficient (Wildman–Crippen LogP) is 6.30. The molecular formula is C24H31F3N2O. The van der Waals surface area contributed by atoms with Gasteiger partial charge in [-0.25, -0.2) is 4.99 Å². The van der Waals surface area contributed by atoms with E-state index in [1.54, 1.807) is 32.2 Å². The number of allylic oxidation sites excluding steroid dienone is 3. The molecule has 6 heteroatoms. The van der Waals surface area contributed by atoms with Crippen LogP contribution in [0.25, 0.3) is 5.70 Å². The number of alkyl halides is 3. The average molecular weight is 421 g/mol. The number of nitrogens with zero attached hydrogens (tertiary/aromatic N) is 1. The van der Waals surface area contributed by atoms with E-state index in [-0.39, 0.29) is 6.04 Å². The number of aryl methyl sites for hydroxylation is 1. The van der Waals surface area contributed by atoms with E-state index in [0.29, 0.717) is 35.6 Å². The van der Waals surface area contributed by atoms with E-state index in [9.17, 15) is 13.2 Å². The van der Waals surface area contributed by atoms with Crippen molar-refractivity contribution in [1.29, 1.82) is 0 Å². The lowest BCUT2D eigenvalue weighted by atomic mass is 9.92. The SMILES string of the molecule is C/C=C(\N=C(/OC)C1CCCN1)c1ccc(CCC2=CCCCC2)c(C(F)(F)F)c1. The van der Waals surface area contributed by atoms with Crippen molar-refractivity contribution >= 4 is 11.6 Å². The Morgan fingerprint density at radius 3 is 2.67 bits per heavy atom. The summed E-state index contributed by atoms with van der Waals surface area (Å²) in [6.45, 7) is 2.67. The van der Waals surface area contributed by atoms with Crippen LogP contribution in [0, 0.1) is 0 Å². The van der Waals surface area contributed by atoms with E-state index >= 15 is 0 Å². The lowest BCUT2D eigenvalue weighted by molar-refractivity contribution is -0.138. The number of hydrogen-bond donors (Lipinski definition) is 1. The van der Waals surface area contributed by atoms with Gasteiger partial charge in [-0.3, -0.25) is 0 Å². The minimum Gasteiger partial charge on any atom is -0.483 e. The molecule has 1 unspecified atom stereocenters. The number of benzene rings is 1. The first-order valence-electron chi connectivity index (χ1n) is 10.8. The van der Waals surface area contributed by atoms with Gasteiger partial charge in [-0.2, -0.15) is 13.2 Å². The highest BCUT2D eigenvalue weighted by Gasteiger charge is 2.33. The largest absolute Gasteiger partial charge is 0.483 e. The van der Waals surface area contributed by atoms with Crippen LogP contribution in [-0.4, -0.2) is 25.6 Å². The molecule has 3 nitrogen and oxygen atoms in total. The summed E-state index contributed by atoms with van der Waals surface area (Å²) in [5.74, 6) is 0.516. The van der Waals surface area contributed by atoms with Gasteiger partial charge in [0.2, 0.25) is 5.90 Å². The number of nitrogens with one attached hydrogen (secondary N) is 1. The highest BCUT2D eigenvalue weighted by atomic mass is 19.4. The maximum absolute atomic E-state index is 13.8. The van der Waals surface area contributed by atoms with E-state index < -0.39 is 11.7 Å². The molecule has 1 fully saturated rings. The molecular weight excluding hydrogens is 389 g/mol. The Balaban J connectivity index is 1.86. The van der Waals surface area contributed by atoms with Gasteiger partial charge in [0.05, 0.1) is 24.4 Å². The summed E-state index contributed by atoms with van der Waals surface area (Å²) in [5.41, 5.74) is 2.02. The van der Waals surface area contributed by atoms with E-state index in [0.717, 1.165) is 38.6 Å². The summed E-state index contributed by atoms with van der Waals surface area (Å²) in [7, 11) is 1.55. The summed E-state index contributed by atoms with van der Waals surface area (Å²) in [5, 5.41) is 3.31. The third-order valence-electron chi connectivity index (χ3n) is 5.88. The molecule has 0 spiro atoms. The Kier molecular flexibility index (Phi) is 7.75. The second-order valence-corrected chi connectivity index (χ2v) is 7.95. The van der Waals surface area contributed by atoms with Crippen molar-refractivity contribution < 1.29 is 17.9 Å². The van der Waals surface area contributed by atoms with Gasteiger partial charge in [0.15, 0.2) is 0 Å². The average Bonchev–Trinajstić information content (AvgIpc) is 3.28. The van der Waals surface area contributed by atoms with Crippen molar-refractivity contribution in [3.05, 3.63) is 52.6 Å². The standard InChI is InChI=1S/C24H31F3N2O/c1-3-21(29-23(30-2)22-10-7-15-28-22)19-14-13-18(20(16-19)24(25,26)27)12-11-17-8-5-4-6-9-17/h3,8,13-14,16,22,28H,4-7,9-12,15H2,1-2H3/b21-3-,29-23-. The molecule has 1 saturated heterocycles. The van der Waals surface area contributed by atoms with Crippen LogP contribution < -0.4 is 5.32 Å². The fourth-order valence-corrected chi connectivity index (χ4v) is 4.22. The Morgan fingerprint density at radius 2 is 2.07 bits per heavy atom. The van der Waals surface area contributed by atoms with Crippen LogP contribution in [0.15, 0.2) is 40.9 Å². The molecule has 1 aromatic carbocycles. The Labute approximate surface area is 177 Å². The van der Waals surface area contributed by atoms with Crippen LogP contribution >= 0.6 is 0 Å². The Morgan fingerprint density at radius 1 is 1.23 bits per heavy atom. The Hall–Kier alpha value is -2.08. The third kappa shape index (κ3) is 5.75. The zero-order chi connectivity index (χ0) is 21.6. The van der Waals surface area contributed by atoms with Gasteiger partial charge in [0.1, 0.15) is 0 Å². The van der Waals surface area contributed by atoms with Crippen molar-refractivity contribution in [3.63, 3.8) is 0 Å². The van der Waals surface area contributed by atoms with Gasteiger partial charge in [-0.15, -0.1) is 0 Å². The second-order valence-electron chi connectivity index (χ2n) is 7.95. The molecule has 1 aliphatic carbocycles. The zero-order valence-corrected chi connectivity index (χ0v) is 17.8. The van der Waals surface area contributed by atoms with Crippen molar-refractivity contribution in [2.24, 2.45) is 4.99 Å². The predicted molar refractivity (Wildman–Crippen MR) is 115 cm³/mol. The molecule has 0 amide bonds. The molecule has 1 atom stereocenters. The molecule has 0 bridgehead atoms. The fraction of sp³-hybridized carbons (Fsp3) is 0.542. The minimum atomic E-state index is -4.40. The second kappa shape index (κ2) is 10.3. The van der Waals surface area contributed by atoms with Crippen molar-refractivity contribution in [1.82, 2.24) is 5.32 Å². The summed E-state index contributed by atoms with van der Waals surface area (Å²) in [4.78, 5) is 4.55. The third-order valence-corrected chi connectivity index (χ3v) is 5.88. The summed E-state index contributed by atoms with van der Waals surface area (Å²) in [6.07, 6.45) is 6.93. The number of methoxy groups -OCH3 is 1. The molecule has 1 heterocycles. The maximum atomic E-state index is 13.8. The molecule has 1 N–H and O–H groups in total. The lowest BCUT2D eigenvalue weighted by Crippen LogP contribution is -2.32. The zero-order valence-electron chi connectivity index (χ0n) is 17.8. The first kappa shape index (κ1) is 22.6. The molecule has 2 aliphatic rings. The first-order valence-corrected chi connectivity index (χ1v) is 10.8. The molecule has 1 aliphatic heterocycles. The molecule has 30 heavy (non-hydrogen) atoms. The van der Waals surface area contributed by atoms with Gasteiger partial charge in [-0.1, -0.05) is 29.9 Å². The van der Waals surface area contributed by atoms with Crippen LogP contribution in [0.2, 0.25) is 0 Å². The first-order chi connectivity index (χ1) is 14.4. The van der Waals surface area contributed by atoms with Crippen LogP contribution in [0.3, 0.4) is 0 Å². The number of rotatable bonds is 6. The van der Waals surface area contributed by atoms with Gasteiger partial charge >= 0.3 is 6.18 Å². The van der Waals surface area contributed by atoms with Crippen molar-refractivity contribution in [2.45, 2.75) is 70.5 Å². The van der Waals surface area contributed by atoms with Crippen LogP contribution in [-0.2, 0) is 17.3 Å². The van der Waals surface area contributed by atoms with Gasteiger partial charge in [0, 0.05) is 5.56 Å². The van der Waals surface area contributed by atoms with Crippen LogP contribution in [0.1, 0.15) is 68.6 Å². The molecule has 0 saturated carbocycles. The molecule has 3 rings (SSSR count). The van der Waals surface area contributed by atoms with Gasteiger partial charge < -0.3 is 10.1 Å². The van der Waals surface area contributed by atoms with E-state index in [1.807, 2.05) is 0 Å². The van der Waals surface area contributed by atoms with Crippen molar-refractivity contribution in [3.8, 4) is 0 Å². The van der Waals surface area contributed by atoms with Gasteiger partial charge in [-0.05, 0) is 76.5 Å². The summed E-state index contributed by atoms with van der Waals surface area (Å²) >= 11 is 0. The molecule has 0 radical (unpaired) electrons.